The molecule has 2 heterocycles. The highest BCUT2D eigenvalue weighted by Crippen LogP contribution is 2.27. The van der Waals surface area contributed by atoms with E-state index in [0.717, 1.165) is 10.4 Å². The summed E-state index contributed by atoms with van der Waals surface area (Å²) in [4.78, 5) is 17.3. The summed E-state index contributed by atoms with van der Waals surface area (Å²) >= 11 is 1.51. The Balaban J connectivity index is 1.96. The molecule has 0 unspecified atom stereocenters. The number of rotatable bonds is 5. The molecule has 0 aliphatic heterocycles. The molecule has 5 heteroatoms. The van der Waals surface area contributed by atoms with Crippen LogP contribution in [-0.4, -0.2) is 17.6 Å². The molecule has 0 amide bonds. The molecule has 2 aromatic heterocycles. The van der Waals surface area contributed by atoms with E-state index >= 15 is 0 Å². The van der Waals surface area contributed by atoms with E-state index in [9.17, 15) is 4.79 Å². The van der Waals surface area contributed by atoms with Gasteiger partial charge in [-0.2, -0.15) is 0 Å². The quantitative estimate of drug-likeness (QED) is 0.635. The Kier molecular flexibility index (Phi) is 4.68. The number of aromatic nitrogens is 1. The number of thiophene rings is 1. The van der Waals surface area contributed by atoms with Crippen molar-refractivity contribution in [3.63, 3.8) is 0 Å². The molecule has 0 atom stereocenters. The Labute approximate surface area is 138 Å². The number of esters is 1. The predicted molar refractivity (Wildman–Crippen MR) is 91.1 cm³/mol. The van der Waals surface area contributed by atoms with E-state index in [2.05, 4.69) is 4.98 Å². The predicted octanol–water partition coefficient (Wildman–Crippen LogP) is 4.75. The fraction of sp³-hybridized carbons (Fsp3) is 0.111. The molecule has 23 heavy (non-hydrogen) atoms. The van der Waals surface area contributed by atoms with Crippen LogP contribution in [0.5, 0.6) is 0 Å². The molecule has 3 rings (SSSR count). The van der Waals surface area contributed by atoms with Crippen molar-refractivity contribution in [2.75, 3.05) is 6.61 Å². The second kappa shape index (κ2) is 7.07. The van der Waals surface area contributed by atoms with Gasteiger partial charge in [-0.1, -0.05) is 42.5 Å². The number of hydrogen-bond donors (Lipinski definition) is 0. The van der Waals surface area contributed by atoms with Gasteiger partial charge in [0.2, 0.25) is 5.89 Å². The Morgan fingerprint density at radius 2 is 2.04 bits per heavy atom. The van der Waals surface area contributed by atoms with Crippen molar-refractivity contribution < 1.29 is 13.9 Å². The van der Waals surface area contributed by atoms with Crippen LogP contribution >= 0.6 is 11.3 Å². The average Bonchev–Trinajstić information content (AvgIpc) is 3.23. The van der Waals surface area contributed by atoms with Gasteiger partial charge in [-0.25, -0.2) is 9.78 Å². The molecular formula is C18H15NO3S. The van der Waals surface area contributed by atoms with Crippen LogP contribution in [0.25, 0.3) is 22.9 Å². The molecule has 0 saturated carbocycles. The van der Waals surface area contributed by atoms with E-state index in [1.807, 2.05) is 53.9 Å². The van der Waals surface area contributed by atoms with E-state index in [4.69, 9.17) is 9.15 Å². The zero-order valence-corrected chi connectivity index (χ0v) is 13.4. The fourth-order valence-corrected chi connectivity index (χ4v) is 2.68. The standard InChI is InChI=1S/C18H15NO3S/c1-2-21-18(20)16-14(11-10-13-7-4-3-5-8-13)22-17(19-16)15-9-6-12-23-15/h3-12H,2H2,1H3/b11-10+. The molecular weight excluding hydrogens is 310 g/mol. The van der Waals surface area contributed by atoms with Gasteiger partial charge in [-0.3, -0.25) is 0 Å². The maximum absolute atomic E-state index is 12.1. The number of nitrogens with zero attached hydrogens (tertiary/aromatic N) is 1. The van der Waals surface area contributed by atoms with Crippen LogP contribution in [0.3, 0.4) is 0 Å². The maximum atomic E-state index is 12.1. The summed E-state index contributed by atoms with van der Waals surface area (Å²) in [7, 11) is 0. The molecule has 0 N–H and O–H groups in total. The summed E-state index contributed by atoms with van der Waals surface area (Å²) in [6.07, 6.45) is 3.62. The molecule has 0 aliphatic carbocycles. The summed E-state index contributed by atoms with van der Waals surface area (Å²) in [5.41, 5.74) is 1.21. The monoisotopic (exact) mass is 325 g/mol. The van der Waals surface area contributed by atoms with Crippen molar-refractivity contribution >= 4 is 29.5 Å². The summed E-state index contributed by atoms with van der Waals surface area (Å²) < 4.78 is 10.8. The molecule has 3 aromatic rings. The first-order valence-corrected chi connectivity index (χ1v) is 8.11. The highest BCUT2D eigenvalue weighted by molar-refractivity contribution is 7.13. The molecule has 0 saturated heterocycles. The first kappa shape index (κ1) is 15.2. The summed E-state index contributed by atoms with van der Waals surface area (Å²) in [5, 5.41) is 1.93. The largest absolute Gasteiger partial charge is 0.461 e. The minimum Gasteiger partial charge on any atom is -0.461 e. The van der Waals surface area contributed by atoms with E-state index in [1.165, 1.54) is 11.3 Å². The van der Waals surface area contributed by atoms with Gasteiger partial charge in [0, 0.05) is 0 Å². The van der Waals surface area contributed by atoms with Crippen molar-refractivity contribution in [2.24, 2.45) is 0 Å². The molecule has 4 nitrogen and oxygen atoms in total. The Morgan fingerprint density at radius 1 is 1.22 bits per heavy atom. The molecule has 116 valence electrons. The molecule has 1 aromatic carbocycles. The third kappa shape index (κ3) is 3.57. The molecule has 0 radical (unpaired) electrons. The van der Waals surface area contributed by atoms with Crippen molar-refractivity contribution in [1.29, 1.82) is 0 Å². The topological polar surface area (TPSA) is 52.3 Å². The second-order valence-corrected chi connectivity index (χ2v) is 5.62. The number of oxazole rings is 1. The number of hydrogen-bond acceptors (Lipinski definition) is 5. The molecule has 0 bridgehead atoms. The second-order valence-electron chi connectivity index (χ2n) is 4.67. The summed E-state index contributed by atoms with van der Waals surface area (Å²) in [5.74, 6) is 0.346. The highest BCUT2D eigenvalue weighted by Gasteiger charge is 2.20. The SMILES string of the molecule is CCOC(=O)c1nc(-c2cccs2)oc1/C=C/c1ccccc1. The van der Waals surface area contributed by atoms with Gasteiger partial charge >= 0.3 is 5.97 Å². The minimum atomic E-state index is -0.480. The maximum Gasteiger partial charge on any atom is 0.360 e. The van der Waals surface area contributed by atoms with Crippen LogP contribution in [0.15, 0.2) is 52.3 Å². The Morgan fingerprint density at radius 3 is 2.74 bits per heavy atom. The molecule has 0 spiro atoms. The third-order valence-electron chi connectivity index (χ3n) is 3.08. The average molecular weight is 325 g/mol. The lowest BCUT2D eigenvalue weighted by molar-refractivity contribution is 0.0519. The number of ether oxygens (including phenoxy) is 1. The van der Waals surface area contributed by atoms with Gasteiger partial charge in [0.25, 0.3) is 0 Å². The van der Waals surface area contributed by atoms with Crippen LogP contribution < -0.4 is 0 Å². The number of carbonyl (C=O) groups is 1. The van der Waals surface area contributed by atoms with Crippen molar-refractivity contribution in [3.05, 3.63) is 64.9 Å². The molecule has 0 aliphatic rings. The van der Waals surface area contributed by atoms with Crippen LogP contribution in [-0.2, 0) is 4.74 Å². The van der Waals surface area contributed by atoms with Crippen molar-refractivity contribution in [2.45, 2.75) is 6.92 Å². The number of carbonyl (C=O) groups excluding carboxylic acids is 1. The van der Waals surface area contributed by atoms with Crippen LogP contribution in [0, 0.1) is 0 Å². The summed E-state index contributed by atoms with van der Waals surface area (Å²) in [6.45, 7) is 2.06. The lowest BCUT2D eigenvalue weighted by Gasteiger charge is -1.97. The van der Waals surface area contributed by atoms with Gasteiger partial charge in [-0.05, 0) is 30.0 Å². The van der Waals surface area contributed by atoms with Crippen LogP contribution in [0.2, 0.25) is 0 Å². The van der Waals surface area contributed by atoms with Crippen molar-refractivity contribution in [3.8, 4) is 10.8 Å². The van der Waals surface area contributed by atoms with Crippen LogP contribution in [0.1, 0.15) is 28.7 Å². The first-order chi connectivity index (χ1) is 11.3. The fourth-order valence-electron chi connectivity index (χ4n) is 2.03. The normalized spacial score (nSPS) is 11.0. The van der Waals surface area contributed by atoms with Gasteiger partial charge in [-0.15, -0.1) is 11.3 Å². The lowest BCUT2D eigenvalue weighted by atomic mass is 10.2. The third-order valence-corrected chi connectivity index (χ3v) is 3.94. The first-order valence-electron chi connectivity index (χ1n) is 7.23. The van der Waals surface area contributed by atoms with Crippen molar-refractivity contribution in [1.82, 2.24) is 4.98 Å². The van der Waals surface area contributed by atoms with E-state index in [-0.39, 0.29) is 5.69 Å². The van der Waals surface area contributed by atoms with Gasteiger partial charge in [0.1, 0.15) is 0 Å². The highest BCUT2D eigenvalue weighted by atomic mass is 32.1. The van der Waals surface area contributed by atoms with Gasteiger partial charge in [0.05, 0.1) is 11.5 Å². The Hall–Kier alpha value is -2.66. The van der Waals surface area contributed by atoms with Crippen LogP contribution in [0.4, 0.5) is 0 Å². The van der Waals surface area contributed by atoms with E-state index < -0.39 is 5.97 Å². The van der Waals surface area contributed by atoms with E-state index in [0.29, 0.717) is 18.3 Å². The van der Waals surface area contributed by atoms with Gasteiger partial charge < -0.3 is 9.15 Å². The smallest absolute Gasteiger partial charge is 0.360 e. The van der Waals surface area contributed by atoms with Gasteiger partial charge in [0.15, 0.2) is 11.5 Å². The molecule has 0 fully saturated rings. The zero-order chi connectivity index (χ0) is 16.1. The van der Waals surface area contributed by atoms with E-state index in [1.54, 1.807) is 13.0 Å². The lowest BCUT2D eigenvalue weighted by Crippen LogP contribution is -2.06. The number of benzene rings is 1. The minimum absolute atomic E-state index is 0.197. The Bertz CT molecular complexity index is 804. The zero-order valence-electron chi connectivity index (χ0n) is 12.6. The summed E-state index contributed by atoms with van der Waals surface area (Å²) in [6, 6.07) is 13.6.